The molecule has 1 heterocycles. The first-order chi connectivity index (χ1) is 8.47. The topological polar surface area (TPSA) is 43.8 Å². The first kappa shape index (κ1) is 13.3. The molecule has 0 saturated heterocycles. The standard InChI is InChI=1S/C14H18BrN3/c1-9(16)6-12-4-5-14(13(15)8-12)18-11(3)7-10(2)17-18/h4-5,7-9H,6,16H2,1-3H3. The summed E-state index contributed by atoms with van der Waals surface area (Å²) in [6.45, 7) is 6.08. The minimum absolute atomic E-state index is 0.177. The minimum Gasteiger partial charge on any atom is -0.328 e. The molecule has 1 unspecified atom stereocenters. The van der Waals surface area contributed by atoms with Gasteiger partial charge < -0.3 is 5.73 Å². The van der Waals surface area contributed by atoms with Crippen LogP contribution in [-0.2, 0) is 6.42 Å². The van der Waals surface area contributed by atoms with Crippen molar-refractivity contribution in [2.75, 3.05) is 0 Å². The Balaban J connectivity index is 2.38. The van der Waals surface area contributed by atoms with Gasteiger partial charge in [0.2, 0.25) is 0 Å². The Kier molecular flexibility index (Phi) is 3.88. The van der Waals surface area contributed by atoms with Gasteiger partial charge in [0.15, 0.2) is 0 Å². The van der Waals surface area contributed by atoms with Gasteiger partial charge in [-0.3, -0.25) is 0 Å². The fourth-order valence-corrected chi connectivity index (χ4v) is 2.69. The third-order valence-corrected chi connectivity index (χ3v) is 3.44. The van der Waals surface area contributed by atoms with Crippen LogP contribution in [0.5, 0.6) is 0 Å². The van der Waals surface area contributed by atoms with Crippen LogP contribution in [0.4, 0.5) is 0 Å². The van der Waals surface area contributed by atoms with Gasteiger partial charge in [-0.05, 0) is 66.9 Å². The molecule has 3 nitrogen and oxygen atoms in total. The normalized spacial score (nSPS) is 12.7. The molecule has 1 aromatic carbocycles. The molecule has 0 spiro atoms. The van der Waals surface area contributed by atoms with E-state index in [1.807, 2.05) is 18.5 Å². The molecule has 2 N–H and O–H groups in total. The minimum atomic E-state index is 0.177. The number of halogens is 1. The zero-order chi connectivity index (χ0) is 13.3. The van der Waals surface area contributed by atoms with Gasteiger partial charge in [-0.2, -0.15) is 5.10 Å². The maximum absolute atomic E-state index is 5.82. The van der Waals surface area contributed by atoms with Gasteiger partial charge in [-0.1, -0.05) is 6.07 Å². The Morgan fingerprint density at radius 1 is 1.33 bits per heavy atom. The molecule has 96 valence electrons. The first-order valence-corrected chi connectivity index (χ1v) is 6.84. The van der Waals surface area contributed by atoms with Crippen LogP contribution >= 0.6 is 15.9 Å². The van der Waals surface area contributed by atoms with Crippen molar-refractivity contribution in [1.82, 2.24) is 9.78 Å². The van der Waals surface area contributed by atoms with Crippen LogP contribution in [0, 0.1) is 13.8 Å². The van der Waals surface area contributed by atoms with Crippen molar-refractivity contribution in [3.63, 3.8) is 0 Å². The van der Waals surface area contributed by atoms with Crippen LogP contribution in [0.2, 0.25) is 0 Å². The summed E-state index contributed by atoms with van der Waals surface area (Å²) in [5, 5.41) is 4.49. The van der Waals surface area contributed by atoms with Gasteiger partial charge >= 0.3 is 0 Å². The molecule has 0 saturated carbocycles. The van der Waals surface area contributed by atoms with E-state index in [9.17, 15) is 0 Å². The van der Waals surface area contributed by atoms with Crippen LogP contribution in [0.25, 0.3) is 5.69 Å². The summed E-state index contributed by atoms with van der Waals surface area (Å²) in [7, 11) is 0. The van der Waals surface area contributed by atoms with E-state index >= 15 is 0 Å². The predicted octanol–water partition coefficient (Wildman–Crippen LogP) is 3.14. The quantitative estimate of drug-likeness (QED) is 0.946. The van der Waals surface area contributed by atoms with Gasteiger partial charge in [0.25, 0.3) is 0 Å². The highest BCUT2D eigenvalue weighted by molar-refractivity contribution is 9.10. The largest absolute Gasteiger partial charge is 0.328 e. The predicted molar refractivity (Wildman–Crippen MR) is 78.1 cm³/mol. The van der Waals surface area contributed by atoms with Crippen LogP contribution in [0.15, 0.2) is 28.7 Å². The SMILES string of the molecule is Cc1cc(C)n(-c2ccc(CC(C)N)cc2Br)n1. The highest BCUT2D eigenvalue weighted by Crippen LogP contribution is 2.24. The molecule has 4 heteroatoms. The van der Waals surface area contributed by atoms with Crippen molar-refractivity contribution in [1.29, 1.82) is 0 Å². The Hall–Kier alpha value is -1.13. The fraction of sp³-hybridized carbons (Fsp3) is 0.357. The second-order valence-electron chi connectivity index (χ2n) is 4.81. The molecule has 18 heavy (non-hydrogen) atoms. The third-order valence-electron chi connectivity index (χ3n) is 2.81. The molecule has 1 atom stereocenters. The summed E-state index contributed by atoms with van der Waals surface area (Å²) in [5.74, 6) is 0. The van der Waals surface area contributed by atoms with Crippen molar-refractivity contribution >= 4 is 15.9 Å². The number of nitrogens with zero attached hydrogens (tertiary/aromatic N) is 2. The molecule has 1 aromatic heterocycles. The van der Waals surface area contributed by atoms with Crippen molar-refractivity contribution in [2.24, 2.45) is 5.73 Å². The smallest absolute Gasteiger partial charge is 0.0790 e. The first-order valence-electron chi connectivity index (χ1n) is 6.05. The molecule has 0 aliphatic rings. The zero-order valence-corrected chi connectivity index (χ0v) is 12.5. The summed E-state index contributed by atoms with van der Waals surface area (Å²) in [4.78, 5) is 0. The van der Waals surface area contributed by atoms with Crippen LogP contribution in [0.3, 0.4) is 0 Å². The number of nitrogens with two attached hydrogens (primary N) is 1. The number of benzene rings is 1. The van der Waals surface area contributed by atoms with E-state index in [2.05, 4.69) is 52.2 Å². The number of aromatic nitrogens is 2. The maximum atomic E-state index is 5.82. The van der Waals surface area contributed by atoms with Crippen LogP contribution in [0.1, 0.15) is 23.9 Å². The van der Waals surface area contributed by atoms with Crippen molar-refractivity contribution in [3.05, 3.63) is 45.7 Å². The van der Waals surface area contributed by atoms with Gasteiger partial charge in [0.05, 0.1) is 11.4 Å². The maximum Gasteiger partial charge on any atom is 0.0790 e. The van der Waals surface area contributed by atoms with Crippen LogP contribution < -0.4 is 5.73 Å². The average molecular weight is 308 g/mol. The Morgan fingerprint density at radius 3 is 2.56 bits per heavy atom. The van der Waals surface area contributed by atoms with E-state index < -0.39 is 0 Å². The lowest BCUT2D eigenvalue weighted by Gasteiger charge is -2.10. The molecule has 2 aromatic rings. The molecule has 0 aliphatic heterocycles. The monoisotopic (exact) mass is 307 g/mol. The molecule has 0 amide bonds. The molecule has 2 rings (SSSR count). The van der Waals surface area contributed by atoms with E-state index in [-0.39, 0.29) is 6.04 Å². The second kappa shape index (κ2) is 5.24. The number of rotatable bonds is 3. The molecular formula is C14H18BrN3. The highest BCUT2D eigenvalue weighted by Gasteiger charge is 2.08. The molecular weight excluding hydrogens is 290 g/mol. The fourth-order valence-electron chi connectivity index (χ4n) is 2.09. The average Bonchev–Trinajstić information content (AvgIpc) is 2.57. The lowest BCUT2D eigenvalue weighted by Crippen LogP contribution is -2.17. The summed E-state index contributed by atoms with van der Waals surface area (Å²) in [6, 6.07) is 8.56. The number of aryl methyl sites for hydroxylation is 2. The van der Waals surface area contributed by atoms with Crippen LogP contribution in [-0.4, -0.2) is 15.8 Å². The third kappa shape index (κ3) is 2.82. The van der Waals surface area contributed by atoms with Gasteiger partial charge in [0, 0.05) is 16.2 Å². The Bertz CT molecular complexity index is 558. The van der Waals surface area contributed by atoms with Gasteiger partial charge in [-0.25, -0.2) is 4.68 Å². The molecule has 0 radical (unpaired) electrons. The second-order valence-corrected chi connectivity index (χ2v) is 5.66. The summed E-state index contributed by atoms with van der Waals surface area (Å²) in [5.41, 5.74) is 10.3. The van der Waals surface area contributed by atoms with Crippen molar-refractivity contribution in [2.45, 2.75) is 33.2 Å². The molecule has 0 aliphatic carbocycles. The number of hydrogen-bond acceptors (Lipinski definition) is 2. The van der Waals surface area contributed by atoms with Crippen molar-refractivity contribution in [3.8, 4) is 5.69 Å². The van der Waals surface area contributed by atoms with E-state index in [4.69, 9.17) is 5.73 Å². The Labute approximate surface area is 116 Å². The van der Waals surface area contributed by atoms with Gasteiger partial charge in [0.1, 0.15) is 0 Å². The zero-order valence-electron chi connectivity index (χ0n) is 10.9. The van der Waals surface area contributed by atoms with E-state index in [1.165, 1.54) is 5.56 Å². The van der Waals surface area contributed by atoms with E-state index in [0.717, 1.165) is 28.0 Å². The number of hydrogen-bond donors (Lipinski definition) is 1. The summed E-state index contributed by atoms with van der Waals surface area (Å²) in [6.07, 6.45) is 0.885. The van der Waals surface area contributed by atoms with E-state index in [0.29, 0.717) is 0 Å². The van der Waals surface area contributed by atoms with Gasteiger partial charge in [-0.15, -0.1) is 0 Å². The summed E-state index contributed by atoms with van der Waals surface area (Å²) >= 11 is 3.62. The van der Waals surface area contributed by atoms with Crippen molar-refractivity contribution < 1.29 is 0 Å². The molecule has 0 bridgehead atoms. The van der Waals surface area contributed by atoms with E-state index in [1.54, 1.807) is 0 Å². The highest BCUT2D eigenvalue weighted by atomic mass is 79.9. The lowest BCUT2D eigenvalue weighted by atomic mass is 10.1. The lowest BCUT2D eigenvalue weighted by molar-refractivity contribution is 0.736. The Morgan fingerprint density at radius 2 is 2.06 bits per heavy atom. The molecule has 0 fully saturated rings. The summed E-state index contributed by atoms with van der Waals surface area (Å²) < 4.78 is 3.00.